The van der Waals surface area contributed by atoms with E-state index >= 15 is 0 Å². The molecular weight excluding hydrogens is 292 g/mol. The van der Waals surface area contributed by atoms with Crippen LogP contribution >= 0.6 is 0 Å². The molecule has 0 fully saturated rings. The zero-order valence-electron chi connectivity index (χ0n) is 13.0. The second-order valence-corrected chi connectivity index (χ2v) is 4.70. The lowest BCUT2D eigenvalue weighted by molar-refractivity contribution is -0.124. The minimum atomic E-state index is -2.97. The summed E-state index contributed by atoms with van der Waals surface area (Å²) in [7, 11) is 3.06. The molecular formula is C16H21F2NO3. The predicted molar refractivity (Wildman–Crippen MR) is 81.2 cm³/mol. The molecule has 0 aliphatic heterocycles. The number of methoxy groups -OCH3 is 1. The monoisotopic (exact) mass is 313 g/mol. The molecule has 22 heavy (non-hydrogen) atoms. The van der Waals surface area contributed by atoms with Gasteiger partial charge in [-0.15, -0.1) is 0 Å². The molecule has 1 aromatic rings. The lowest BCUT2D eigenvalue weighted by Gasteiger charge is -2.15. The Morgan fingerprint density at radius 1 is 1.41 bits per heavy atom. The topological polar surface area (TPSA) is 38.8 Å². The van der Waals surface area contributed by atoms with Gasteiger partial charge in [0.05, 0.1) is 7.11 Å². The van der Waals surface area contributed by atoms with Crippen molar-refractivity contribution in [2.24, 2.45) is 0 Å². The molecule has 0 N–H and O–H groups in total. The highest BCUT2D eigenvalue weighted by atomic mass is 19.3. The van der Waals surface area contributed by atoms with E-state index in [1.54, 1.807) is 24.1 Å². The summed E-state index contributed by atoms with van der Waals surface area (Å²) in [6.45, 7) is -0.275. The van der Waals surface area contributed by atoms with E-state index in [-0.39, 0.29) is 17.4 Å². The van der Waals surface area contributed by atoms with E-state index in [0.717, 1.165) is 12.8 Å². The molecule has 1 amide bonds. The first-order valence-electron chi connectivity index (χ1n) is 7.04. The number of carbonyl (C=O) groups excluding carboxylic acids is 1. The van der Waals surface area contributed by atoms with Crippen LogP contribution in [0.3, 0.4) is 0 Å². The molecule has 6 heteroatoms. The SMILES string of the molecule is CCCCN(C)C(=O)/C=C\c1cccc(OC)c1OC(F)F. The first-order chi connectivity index (χ1) is 10.5. The van der Waals surface area contributed by atoms with E-state index in [1.807, 2.05) is 6.92 Å². The fourth-order valence-corrected chi connectivity index (χ4v) is 1.83. The summed E-state index contributed by atoms with van der Waals surface area (Å²) in [6.07, 6.45) is 4.69. The Hall–Kier alpha value is -2.11. The van der Waals surface area contributed by atoms with Crippen molar-refractivity contribution >= 4 is 12.0 Å². The predicted octanol–water partition coefficient (Wildman–Crippen LogP) is 3.57. The van der Waals surface area contributed by atoms with E-state index in [9.17, 15) is 13.6 Å². The maximum Gasteiger partial charge on any atom is 0.387 e. The summed E-state index contributed by atoms with van der Waals surface area (Å²) in [6, 6.07) is 4.74. The smallest absolute Gasteiger partial charge is 0.387 e. The van der Waals surface area contributed by atoms with Gasteiger partial charge in [-0.1, -0.05) is 25.5 Å². The van der Waals surface area contributed by atoms with Gasteiger partial charge in [0, 0.05) is 25.2 Å². The van der Waals surface area contributed by atoms with Gasteiger partial charge in [-0.3, -0.25) is 4.79 Å². The molecule has 0 heterocycles. The van der Waals surface area contributed by atoms with Crippen LogP contribution in [0.5, 0.6) is 11.5 Å². The van der Waals surface area contributed by atoms with Crippen LogP contribution < -0.4 is 9.47 Å². The number of hydrogen-bond donors (Lipinski definition) is 0. The lowest BCUT2D eigenvalue weighted by Crippen LogP contribution is -2.25. The second-order valence-electron chi connectivity index (χ2n) is 4.70. The number of nitrogens with zero attached hydrogens (tertiary/aromatic N) is 1. The van der Waals surface area contributed by atoms with E-state index in [4.69, 9.17) is 4.74 Å². The van der Waals surface area contributed by atoms with Gasteiger partial charge in [0.15, 0.2) is 11.5 Å². The quantitative estimate of drug-likeness (QED) is 0.689. The fourth-order valence-electron chi connectivity index (χ4n) is 1.83. The summed E-state index contributed by atoms with van der Waals surface area (Å²) in [5.74, 6) is -0.0891. The minimum absolute atomic E-state index is 0.0831. The molecule has 0 radical (unpaired) electrons. The number of rotatable bonds is 8. The molecule has 0 unspecified atom stereocenters. The molecule has 1 aromatic carbocycles. The van der Waals surface area contributed by atoms with Gasteiger partial charge in [0.2, 0.25) is 5.91 Å². The first-order valence-corrected chi connectivity index (χ1v) is 7.04. The lowest BCUT2D eigenvalue weighted by atomic mass is 10.1. The van der Waals surface area contributed by atoms with Crippen molar-refractivity contribution in [1.29, 1.82) is 0 Å². The zero-order chi connectivity index (χ0) is 16.5. The van der Waals surface area contributed by atoms with E-state index in [0.29, 0.717) is 12.1 Å². The average molecular weight is 313 g/mol. The molecule has 1 rings (SSSR count). The van der Waals surface area contributed by atoms with Crippen LogP contribution in [0.2, 0.25) is 0 Å². The Balaban J connectivity index is 2.92. The highest BCUT2D eigenvalue weighted by Gasteiger charge is 2.14. The van der Waals surface area contributed by atoms with E-state index in [2.05, 4.69) is 4.74 Å². The van der Waals surface area contributed by atoms with Crippen LogP contribution in [0, 0.1) is 0 Å². The summed E-state index contributed by atoms with van der Waals surface area (Å²) in [4.78, 5) is 13.5. The molecule has 0 saturated heterocycles. The van der Waals surface area contributed by atoms with Gasteiger partial charge in [-0.05, 0) is 18.6 Å². The Morgan fingerprint density at radius 3 is 2.73 bits per heavy atom. The fraction of sp³-hybridized carbons (Fsp3) is 0.438. The Morgan fingerprint density at radius 2 is 2.14 bits per heavy atom. The van der Waals surface area contributed by atoms with Crippen molar-refractivity contribution < 1.29 is 23.0 Å². The van der Waals surface area contributed by atoms with Crippen LogP contribution in [0.25, 0.3) is 6.08 Å². The molecule has 0 saturated carbocycles. The first kappa shape index (κ1) is 17.9. The maximum atomic E-state index is 12.5. The number of hydrogen-bond acceptors (Lipinski definition) is 3. The standard InChI is InChI=1S/C16H21F2NO3/c1-4-5-11-19(2)14(20)10-9-12-7-6-8-13(21-3)15(12)22-16(17)18/h6-10,16H,4-5,11H2,1-3H3/b10-9-. The molecule has 122 valence electrons. The number of benzene rings is 1. The Bertz CT molecular complexity index is 518. The van der Waals surface area contributed by atoms with Crippen LogP contribution in [0.4, 0.5) is 8.78 Å². The molecule has 0 spiro atoms. The van der Waals surface area contributed by atoms with Gasteiger partial charge < -0.3 is 14.4 Å². The van der Waals surface area contributed by atoms with Crippen molar-refractivity contribution in [2.45, 2.75) is 26.4 Å². The van der Waals surface area contributed by atoms with Gasteiger partial charge in [0.25, 0.3) is 0 Å². The van der Waals surface area contributed by atoms with Crippen LogP contribution in [-0.2, 0) is 4.79 Å². The summed E-state index contributed by atoms with van der Waals surface area (Å²) in [5, 5.41) is 0. The Labute approximate surface area is 129 Å². The van der Waals surface area contributed by atoms with Crippen molar-refractivity contribution in [1.82, 2.24) is 4.90 Å². The number of likely N-dealkylation sites (N-methyl/N-ethyl adjacent to an activating group) is 1. The van der Waals surface area contributed by atoms with Crippen molar-refractivity contribution in [3.05, 3.63) is 29.8 Å². The Kier molecular flexibility index (Phi) is 7.36. The van der Waals surface area contributed by atoms with Gasteiger partial charge in [0.1, 0.15) is 0 Å². The number of carbonyl (C=O) groups is 1. The molecule has 0 aliphatic rings. The van der Waals surface area contributed by atoms with Gasteiger partial charge >= 0.3 is 6.61 Å². The summed E-state index contributed by atoms with van der Waals surface area (Å²) < 4.78 is 34.5. The van der Waals surface area contributed by atoms with Gasteiger partial charge in [-0.25, -0.2) is 0 Å². The normalized spacial score (nSPS) is 11.0. The third-order valence-corrected chi connectivity index (χ3v) is 3.06. The number of unbranched alkanes of at least 4 members (excludes halogenated alkanes) is 1. The molecule has 0 aliphatic carbocycles. The zero-order valence-corrected chi connectivity index (χ0v) is 13.0. The molecule has 0 aromatic heterocycles. The number of para-hydroxylation sites is 1. The summed E-state index contributed by atoms with van der Waals surface area (Å²) in [5.41, 5.74) is 0.358. The molecule has 0 atom stereocenters. The van der Waals surface area contributed by atoms with Crippen molar-refractivity contribution in [2.75, 3.05) is 20.7 Å². The molecule has 4 nitrogen and oxygen atoms in total. The number of ether oxygens (including phenoxy) is 2. The number of amides is 1. The number of halogens is 2. The van der Waals surface area contributed by atoms with Gasteiger partial charge in [-0.2, -0.15) is 8.78 Å². The molecule has 0 bridgehead atoms. The maximum absolute atomic E-state index is 12.5. The van der Waals surface area contributed by atoms with E-state index in [1.165, 1.54) is 25.3 Å². The highest BCUT2D eigenvalue weighted by molar-refractivity contribution is 5.92. The van der Waals surface area contributed by atoms with Crippen LogP contribution in [0.1, 0.15) is 25.3 Å². The van der Waals surface area contributed by atoms with Crippen molar-refractivity contribution in [3.8, 4) is 11.5 Å². The van der Waals surface area contributed by atoms with Crippen LogP contribution in [-0.4, -0.2) is 38.1 Å². The van der Waals surface area contributed by atoms with Crippen molar-refractivity contribution in [3.63, 3.8) is 0 Å². The minimum Gasteiger partial charge on any atom is -0.493 e. The second kappa shape index (κ2) is 9.02. The van der Waals surface area contributed by atoms with Crippen LogP contribution in [0.15, 0.2) is 24.3 Å². The summed E-state index contributed by atoms with van der Waals surface area (Å²) >= 11 is 0. The highest BCUT2D eigenvalue weighted by Crippen LogP contribution is 2.33. The van der Waals surface area contributed by atoms with E-state index < -0.39 is 6.61 Å². The number of alkyl halides is 2. The largest absolute Gasteiger partial charge is 0.493 e. The average Bonchev–Trinajstić information content (AvgIpc) is 2.50. The third kappa shape index (κ3) is 5.35. The third-order valence-electron chi connectivity index (χ3n) is 3.06.